The Hall–Kier alpha value is -3.07. The van der Waals surface area contributed by atoms with Crippen LogP contribution in [-0.4, -0.2) is 36.3 Å². The van der Waals surface area contributed by atoms with E-state index in [1.54, 1.807) is 10.6 Å². The number of hydrogen-bond acceptors (Lipinski definition) is 5. The van der Waals surface area contributed by atoms with Crippen LogP contribution in [0, 0.1) is 5.92 Å². The fourth-order valence-corrected chi connectivity index (χ4v) is 3.83. The number of hydrogen-bond donors (Lipinski definition) is 1. The molecule has 1 aromatic carbocycles. The van der Waals surface area contributed by atoms with Gasteiger partial charge in [-0.15, -0.1) is 0 Å². The number of aromatic nitrogens is 4. The van der Waals surface area contributed by atoms with Gasteiger partial charge in [0.15, 0.2) is 11.2 Å². The van der Waals surface area contributed by atoms with Gasteiger partial charge < -0.3 is 14.6 Å². The lowest BCUT2D eigenvalue weighted by molar-refractivity contribution is -0.137. The van der Waals surface area contributed by atoms with Crippen molar-refractivity contribution in [2.45, 2.75) is 20.0 Å². The van der Waals surface area contributed by atoms with Crippen molar-refractivity contribution in [3.8, 4) is 0 Å². The van der Waals surface area contributed by atoms with E-state index < -0.39 is 23.8 Å². The Bertz CT molecular complexity index is 1230. The minimum atomic E-state index is -1.26. The van der Waals surface area contributed by atoms with Crippen LogP contribution in [-0.2, 0) is 24.9 Å². The topological polar surface area (TPSA) is 102 Å². The molecule has 0 radical (unpaired) electrons. The van der Waals surface area contributed by atoms with Gasteiger partial charge in [0.25, 0.3) is 5.56 Å². The van der Waals surface area contributed by atoms with Crippen LogP contribution < -0.4 is 16.1 Å². The average Bonchev–Trinajstić information content (AvgIpc) is 3.02. The molecule has 9 nitrogen and oxygen atoms in total. The molecule has 0 amide bonds. The highest BCUT2D eigenvalue weighted by Gasteiger charge is 2.30. The number of aliphatic carboxylic acids is 1. The molecule has 4 rings (SSSR count). The number of benzene rings is 1. The third kappa shape index (κ3) is 2.78. The Kier molecular flexibility index (Phi) is 4.26. The molecule has 0 saturated carbocycles. The number of carboxylic acid groups (broad SMARTS) is 1. The number of imidazole rings is 1. The van der Waals surface area contributed by atoms with Gasteiger partial charge in [-0.3, -0.25) is 14.2 Å². The summed E-state index contributed by atoms with van der Waals surface area (Å²) in [4.78, 5) is 43.1. The first kappa shape index (κ1) is 18.3. The normalized spacial score (nSPS) is 16.4. The molecule has 0 spiro atoms. The minimum Gasteiger partial charge on any atom is -0.480 e. The lowest BCUT2D eigenvalue weighted by Crippen LogP contribution is -2.41. The van der Waals surface area contributed by atoms with Crippen LogP contribution in [0.1, 0.15) is 6.92 Å². The van der Waals surface area contributed by atoms with E-state index in [1.165, 1.54) is 11.6 Å². The second kappa shape index (κ2) is 6.52. The van der Waals surface area contributed by atoms with Gasteiger partial charge in [0.05, 0.1) is 0 Å². The maximum absolute atomic E-state index is 13.0. The lowest BCUT2D eigenvalue weighted by atomic mass is 10.1. The monoisotopic (exact) mass is 403 g/mol. The summed E-state index contributed by atoms with van der Waals surface area (Å²) < 4.78 is 3.69. The molecule has 1 N–H and O–H groups in total. The highest BCUT2D eigenvalue weighted by atomic mass is 35.5. The van der Waals surface area contributed by atoms with Gasteiger partial charge in [-0.05, 0) is 24.1 Å². The van der Waals surface area contributed by atoms with E-state index in [9.17, 15) is 14.4 Å². The third-order valence-corrected chi connectivity index (χ3v) is 5.09. The first-order valence-electron chi connectivity index (χ1n) is 8.73. The molecule has 2 aromatic heterocycles. The van der Waals surface area contributed by atoms with Gasteiger partial charge in [-0.25, -0.2) is 9.36 Å². The number of rotatable bonds is 3. The van der Waals surface area contributed by atoms with Crippen molar-refractivity contribution in [3.05, 3.63) is 50.1 Å². The zero-order valence-corrected chi connectivity index (χ0v) is 16.0. The highest BCUT2D eigenvalue weighted by molar-refractivity contribution is 6.30. The van der Waals surface area contributed by atoms with Gasteiger partial charge >= 0.3 is 11.7 Å². The summed E-state index contributed by atoms with van der Waals surface area (Å²) in [6.07, 6.45) is 0. The van der Waals surface area contributed by atoms with Crippen molar-refractivity contribution < 1.29 is 9.90 Å². The Labute approximate surface area is 164 Å². The second-order valence-electron chi connectivity index (χ2n) is 7.02. The fourth-order valence-electron chi connectivity index (χ4n) is 3.64. The van der Waals surface area contributed by atoms with Gasteiger partial charge in [-0.1, -0.05) is 24.6 Å². The van der Waals surface area contributed by atoms with Crippen molar-refractivity contribution >= 4 is 40.4 Å². The Balaban J connectivity index is 2.02. The second-order valence-corrected chi connectivity index (χ2v) is 7.45. The molecule has 0 saturated heterocycles. The zero-order valence-electron chi connectivity index (χ0n) is 15.3. The number of carbonyl (C=O) groups is 1. The molecular weight excluding hydrogens is 386 g/mol. The molecule has 0 aliphatic carbocycles. The average molecular weight is 404 g/mol. The number of halogens is 1. The quantitative estimate of drug-likeness (QED) is 0.709. The number of fused-ring (bicyclic) bond motifs is 3. The molecule has 1 aliphatic heterocycles. The van der Waals surface area contributed by atoms with Crippen LogP contribution in [0.3, 0.4) is 0 Å². The molecular formula is C18H18ClN5O4. The Morgan fingerprint density at radius 3 is 2.75 bits per heavy atom. The molecule has 146 valence electrons. The van der Waals surface area contributed by atoms with Crippen LogP contribution in [0.2, 0.25) is 5.02 Å². The van der Waals surface area contributed by atoms with E-state index >= 15 is 0 Å². The SMILES string of the molecule is C[C@H]1CN(c2cccc(Cl)c2)c2nc3c(c(=O)n(CC(=O)O)c(=O)n3C)n2C1. The van der Waals surface area contributed by atoms with E-state index in [-0.39, 0.29) is 17.1 Å². The molecule has 28 heavy (non-hydrogen) atoms. The molecule has 0 fully saturated rings. The highest BCUT2D eigenvalue weighted by Crippen LogP contribution is 2.33. The number of anilines is 2. The molecule has 0 bridgehead atoms. The molecule has 1 aliphatic rings. The minimum absolute atomic E-state index is 0.188. The van der Waals surface area contributed by atoms with E-state index in [0.29, 0.717) is 24.1 Å². The lowest BCUT2D eigenvalue weighted by Gasteiger charge is -2.33. The number of aryl methyl sites for hydroxylation is 1. The molecule has 1 atom stereocenters. The summed E-state index contributed by atoms with van der Waals surface area (Å²) in [5, 5.41) is 9.65. The van der Waals surface area contributed by atoms with Crippen molar-refractivity contribution in [1.29, 1.82) is 0 Å². The van der Waals surface area contributed by atoms with Gasteiger partial charge in [0.1, 0.15) is 6.54 Å². The van der Waals surface area contributed by atoms with Gasteiger partial charge in [-0.2, -0.15) is 4.98 Å². The number of carboxylic acids is 1. The van der Waals surface area contributed by atoms with Gasteiger partial charge in [0, 0.05) is 30.8 Å². The fraction of sp³-hybridized carbons (Fsp3) is 0.333. The Morgan fingerprint density at radius 2 is 2.07 bits per heavy atom. The molecule has 0 unspecified atom stereocenters. The van der Waals surface area contributed by atoms with Gasteiger partial charge in [0.2, 0.25) is 5.95 Å². The van der Waals surface area contributed by atoms with Crippen LogP contribution in [0.4, 0.5) is 11.6 Å². The maximum atomic E-state index is 13.0. The standard InChI is InChI=1S/C18H18ClN5O4/c1-10-7-22(12-5-3-4-11(19)6-12)17-20-15-14(23(17)8-10)16(27)24(9-13(25)26)18(28)21(15)2/h3-6,10H,7-9H2,1-2H3,(H,25,26)/t10-/m0/s1. The summed E-state index contributed by atoms with van der Waals surface area (Å²) in [7, 11) is 1.48. The van der Waals surface area contributed by atoms with Crippen LogP contribution >= 0.6 is 11.6 Å². The van der Waals surface area contributed by atoms with E-state index in [0.717, 1.165) is 10.3 Å². The van der Waals surface area contributed by atoms with Crippen LogP contribution in [0.15, 0.2) is 33.9 Å². The molecule has 3 aromatic rings. The predicted octanol–water partition coefficient (Wildman–Crippen LogP) is 1.42. The maximum Gasteiger partial charge on any atom is 0.333 e. The zero-order chi connectivity index (χ0) is 20.2. The first-order chi connectivity index (χ1) is 13.3. The van der Waals surface area contributed by atoms with Crippen molar-refractivity contribution in [3.63, 3.8) is 0 Å². The van der Waals surface area contributed by atoms with Crippen LogP contribution in [0.25, 0.3) is 11.2 Å². The summed E-state index contributed by atoms with van der Waals surface area (Å²) in [6, 6.07) is 7.32. The van der Waals surface area contributed by atoms with Crippen LogP contribution in [0.5, 0.6) is 0 Å². The summed E-state index contributed by atoms with van der Waals surface area (Å²) in [6.45, 7) is 2.55. The predicted molar refractivity (Wildman–Crippen MR) is 104 cm³/mol. The summed E-state index contributed by atoms with van der Waals surface area (Å²) >= 11 is 6.14. The smallest absolute Gasteiger partial charge is 0.333 e. The van der Waals surface area contributed by atoms with E-state index in [2.05, 4.69) is 4.98 Å². The Morgan fingerprint density at radius 1 is 1.32 bits per heavy atom. The summed E-state index contributed by atoms with van der Waals surface area (Å²) in [5.74, 6) is -0.546. The first-order valence-corrected chi connectivity index (χ1v) is 9.10. The van der Waals surface area contributed by atoms with E-state index in [1.807, 2.05) is 30.0 Å². The van der Waals surface area contributed by atoms with Crippen molar-refractivity contribution in [1.82, 2.24) is 18.7 Å². The largest absolute Gasteiger partial charge is 0.480 e. The summed E-state index contributed by atoms with van der Waals surface area (Å²) in [5.41, 5.74) is -0.0896. The molecule has 3 heterocycles. The number of nitrogens with zero attached hydrogens (tertiary/aromatic N) is 5. The van der Waals surface area contributed by atoms with E-state index in [4.69, 9.17) is 16.7 Å². The van der Waals surface area contributed by atoms with Crippen molar-refractivity contribution in [2.24, 2.45) is 13.0 Å². The third-order valence-electron chi connectivity index (χ3n) is 4.86. The van der Waals surface area contributed by atoms with Crippen molar-refractivity contribution in [2.75, 3.05) is 11.4 Å². The molecule has 10 heteroatoms.